The Kier molecular flexibility index (Phi) is 10.7. The zero-order valence-electron chi connectivity index (χ0n) is 26.7. The maximum absolute atomic E-state index is 15.6. The van der Waals surface area contributed by atoms with E-state index in [9.17, 15) is 19.2 Å². The van der Waals surface area contributed by atoms with Gasteiger partial charge in [0.25, 0.3) is 0 Å². The average Bonchev–Trinajstić information content (AvgIpc) is 3.47. The Morgan fingerprint density at radius 2 is 1.70 bits per heavy atom. The highest BCUT2D eigenvalue weighted by molar-refractivity contribution is 6.13. The van der Waals surface area contributed by atoms with E-state index in [0.717, 1.165) is 32.4 Å². The molecule has 0 unspecified atom stereocenters. The van der Waals surface area contributed by atoms with Crippen LogP contribution in [0.15, 0.2) is 47.3 Å². The Balaban J connectivity index is 1.33. The molecule has 1 aromatic carbocycles. The molecule has 0 radical (unpaired) electrons. The van der Waals surface area contributed by atoms with E-state index in [-0.39, 0.29) is 29.8 Å². The smallest absolute Gasteiger partial charge is 0.245 e. The van der Waals surface area contributed by atoms with Crippen LogP contribution >= 0.6 is 0 Å². The number of hydrogen-bond acceptors (Lipinski definition) is 7. The molecule has 11 nitrogen and oxygen atoms in total. The fourth-order valence-electron chi connectivity index (χ4n) is 6.41. The molecule has 0 bridgehead atoms. The summed E-state index contributed by atoms with van der Waals surface area (Å²) in [6.45, 7) is 6.04. The normalized spacial score (nSPS) is 18.0. The maximum atomic E-state index is 15.6. The Morgan fingerprint density at radius 1 is 1.00 bits per heavy atom. The van der Waals surface area contributed by atoms with Crippen LogP contribution in [0.1, 0.15) is 63.9 Å². The third kappa shape index (κ3) is 7.55. The molecule has 3 heterocycles. The summed E-state index contributed by atoms with van der Waals surface area (Å²) < 4.78 is 21.1. The topological polar surface area (TPSA) is 137 Å². The fourth-order valence-corrected chi connectivity index (χ4v) is 6.41. The second-order valence-corrected chi connectivity index (χ2v) is 12.4. The Hall–Kier alpha value is -4.32. The van der Waals surface area contributed by atoms with E-state index in [0.29, 0.717) is 48.2 Å². The summed E-state index contributed by atoms with van der Waals surface area (Å²) in [5.74, 6) is -4.03. The lowest BCUT2D eigenvalue weighted by Crippen LogP contribution is -2.55. The van der Waals surface area contributed by atoms with E-state index in [1.54, 1.807) is 43.3 Å². The number of fused-ring (bicyclic) bond motifs is 1. The van der Waals surface area contributed by atoms with Crippen LogP contribution in [0.3, 0.4) is 0 Å². The highest BCUT2D eigenvalue weighted by Gasteiger charge is 2.37. The number of anilines is 2. The standard InChI is InChI=1S/C34H43FN6O5/c1-4-29(42)39-31(34(45)41-16-14-40(3)15-17-41)21(2)23-10-11-26(25(35)18-23)37-32(43)30(22-8-6-5-7-9-22)33(44)38-27-20-46-28-12-13-36-19-24(27)28/h10-13,18-22,30-31H,4-9,14-17H2,1-3H3,(H,37,43)(H,38,44)(H,39,42)/t21-,30+,31+/m0/s1. The molecule has 4 amide bonds. The summed E-state index contributed by atoms with van der Waals surface area (Å²) in [5.41, 5.74) is 1.41. The highest BCUT2D eigenvalue weighted by atomic mass is 19.1. The zero-order chi connectivity index (χ0) is 32.8. The van der Waals surface area contributed by atoms with Crippen LogP contribution in [0, 0.1) is 17.7 Å². The van der Waals surface area contributed by atoms with Gasteiger partial charge in [-0.3, -0.25) is 24.2 Å². The minimum atomic E-state index is -1.05. The summed E-state index contributed by atoms with van der Waals surface area (Å²) in [6, 6.07) is 5.19. The number of furan rings is 1. The van der Waals surface area contributed by atoms with Gasteiger partial charge >= 0.3 is 0 Å². The molecule has 2 aliphatic rings. The van der Waals surface area contributed by atoms with Crippen LogP contribution in [0.25, 0.3) is 11.0 Å². The van der Waals surface area contributed by atoms with Gasteiger partial charge in [-0.2, -0.15) is 0 Å². The van der Waals surface area contributed by atoms with Gasteiger partial charge < -0.3 is 30.2 Å². The van der Waals surface area contributed by atoms with Gasteiger partial charge in [0.2, 0.25) is 23.6 Å². The van der Waals surface area contributed by atoms with Crippen molar-refractivity contribution < 1.29 is 28.0 Å². The lowest BCUT2D eigenvalue weighted by atomic mass is 9.79. The first-order valence-electron chi connectivity index (χ1n) is 16.1. The molecule has 0 spiro atoms. The molecule has 1 aliphatic carbocycles. The number of piperazine rings is 1. The second-order valence-electron chi connectivity index (χ2n) is 12.4. The van der Waals surface area contributed by atoms with E-state index in [1.807, 2.05) is 7.05 Å². The Morgan fingerprint density at radius 3 is 2.37 bits per heavy atom. The lowest BCUT2D eigenvalue weighted by molar-refractivity contribution is -0.138. The van der Waals surface area contributed by atoms with Crippen molar-refractivity contribution in [1.29, 1.82) is 0 Å². The number of benzene rings is 1. The van der Waals surface area contributed by atoms with Crippen molar-refractivity contribution in [2.45, 2.75) is 64.3 Å². The summed E-state index contributed by atoms with van der Waals surface area (Å²) in [7, 11) is 1.99. The molecule has 12 heteroatoms. The van der Waals surface area contributed by atoms with Crippen molar-refractivity contribution in [2.75, 3.05) is 43.9 Å². The number of likely N-dealkylation sites (N-methyl/N-ethyl adjacent to an activating group) is 1. The summed E-state index contributed by atoms with van der Waals surface area (Å²) in [5, 5.41) is 8.96. The van der Waals surface area contributed by atoms with E-state index in [1.165, 1.54) is 18.4 Å². The van der Waals surface area contributed by atoms with Crippen molar-refractivity contribution in [1.82, 2.24) is 20.1 Å². The van der Waals surface area contributed by atoms with Gasteiger partial charge in [0.15, 0.2) is 0 Å². The number of nitrogens with one attached hydrogen (secondary N) is 3. The van der Waals surface area contributed by atoms with E-state index in [2.05, 4.69) is 25.8 Å². The first kappa shape index (κ1) is 33.1. The molecule has 46 heavy (non-hydrogen) atoms. The number of carbonyl (C=O) groups excluding carboxylic acids is 4. The third-order valence-electron chi connectivity index (χ3n) is 9.31. The predicted molar refractivity (Wildman–Crippen MR) is 172 cm³/mol. The Bertz CT molecular complexity index is 1560. The first-order chi connectivity index (χ1) is 22.2. The van der Waals surface area contributed by atoms with Gasteiger partial charge in [0.05, 0.1) is 16.8 Å². The number of carbonyl (C=O) groups is 4. The maximum Gasteiger partial charge on any atom is 0.245 e. The number of halogens is 1. The van der Waals surface area contributed by atoms with Crippen molar-refractivity contribution in [2.24, 2.45) is 11.8 Å². The monoisotopic (exact) mass is 634 g/mol. The molecule has 3 atom stereocenters. The van der Waals surface area contributed by atoms with Gasteiger partial charge in [0.1, 0.15) is 29.6 Å². The van der Waals surface area contributed by atoms with E-state index >= 15 is 4.39 Å². The fraction of sp³-hybridized carbons (Fsp3) is 0.500. The van der Waals surface area contributed by atoms with E-state index in [4.69, 9.17) is 4.42 Å². The lowest BCUT2D eigenvalue weighted by Gasteiger charge is -2.36. The van der Waals surface area contributed by atoms with Gasteiger partial charge in [-0.25, -0.2) is 4.39 Å². The quantitative estimate of drug-likeness (QED) is 0.279. The van der Waals surface area contributed by atoms with Gasteiger partial charge in [-0.05, 0) is 49.6 Å². The molecular formula is C34H43FN6O5. The number of rotatable bonds is 10. The number of nitrogens with zero attached hydrogens (tertiary/aromatic N) is 3. The van der Waals surface area contributed by atoms with Crippen LogP contribution in [0.4, 0.5) is 15.8 Å². The average molecular weight is 635 g/mol. The molecule has 3 N–H and O–H groups in total. The number of aromatic nitrogens is 1. The van der Waals surface area contributed by atoms with Gasteiger partial charge in [-0.15, -0.1) is 0 Å². The van der Waals surface area contributed by atoms with Crippen molar-refractivity contribution in [3.8, 4) is 0 Å². The number of amides is 4. The second kappa shape index (κ2) is 14.8. The molecule has 1 saturated heterocycles. The number of pyridine rings is 1. The summed E-state index contributed by atoms with van der Waals surface area (Å²) >= 11 is 0. The molecule has 1 aliphatic heterocycles. The summed E-state index contributed by atoms with van der Waals surface area (Å²) in [4.78, 5) is 61.2. The van der Waals surface area contributed by atoms with Crippen molar-refractivity contribution >= 4 is 46.0 Å². The zero-order valence-corrected chi connectivity index (χ0v) is 26.7. The molecular weight excluding hydrogens is 591 g/mol. The molecule has 1 saturated carbocycles. The van der Waals surface area contributed by atoms with Gasteiger partial charge in [0, 0.05) is 50.9 Å². The first-order valence-corrected chi connectivity index (χ1v) is 16.1. The van der Waals surface area contributed by atoms with Crippen LogP contribution in [0.5, 0.6) is 0 Å². The van der Waals surface area contributed by atoms with E-state index < -0.39 is 35.5 Å². The third-order valence-corrected chi connectivity index (χ3v) is 9.31. The van der Waals surface area contributed by atoms with Crippen LogP contribution in [-0.4, -0.2) is 77.7 Å². The summed E-state index contributed by atoms with van der Waals surface area (Å²) in [6.07, 6.45) is 9.08. The van der Waals surface area contributed by atoms with Crippen molar-refractivity contribution in [3.63, 3.8) is 0 Å². The largest absolute Gasteiger partial charge is 0.462 e. The SMILES string of the molecule is CCC(=O)N[C@@H](C(=O)N1CCN(C)CC1)[C@@H](C)c1ccc(NC(=O)[C@H](C(=O)Nc2coc3ccncc23)C2CCCCC2)c(F)c1. The minimum absolute atomic E-state index is 0.0629. The van der Waals surface area contributed by atoms with Gasteiger partial charge in [-0.1, -0.05) is 39.2 Å². The molecule has 2 fully saturated rings. The number of hydrogen-bond donors (Lipinski definition) is 3. The predicted octanol–water partition coefficient (Wildman–Crippen LogP) is 4.51. The van der Waals surface area contributed by atoms with Crippen LogP contribution < -0.4 is 16.0 Å². The molecule has 246 valence electrons. The molecule has 2 aromatic heterocycles. The highest BCUT2D eigenvalue weighted by Crippen LogP contribution is 2.34. The molecule has 5 rings (SSSR count). The van der Waals surface area contributed by atoms with Crippen LogP contribution in [0.2, 0.25) is 0 Å². The molecule has 3 aromatic rings. The van der Waals surface area contributed by atoms with Crippen LogP contribution in [-0.2, 0) is 19.2 Å². The Labute approximate surface area is 268 Å². The minimum Gasteiger partial charge on any atom is -0.462 e. The van der Waals surface area contributed by atoms with Crippen molar-refractivity contribution in [3.05, 3.63) is 54.3 Å².